The van der Waals surface area contributed by atoms with Crippen LogP contribution in [0.15, 0.2) is 29.3 Å². The van der Waals surface area contributed by atoms with E-state index in [4.69, 9.17) is 10.5 Å². The number of hydrogen-bond acceptors (Lipinski definition) is 2. The number of aliphatic imine (C=N–C) groups is 1. The van der Waals surface area contributed by atoms with E-state index >= 15 is 0 Å². The molecule has 3 N–H and O–H groups in total. The molecule has 0 spiro atoms. The van der Waals surface area contributed by atoms with Crippen molar-refractivity contribution in [2.75, 3.05) is 12.4 Å². The van der Waals surface area contributed by atoms with Crippen molar-refractivity contribution in [1.29, 1.82) is 0 Å². The highest BCUT2D eigenvalue weighted by molar-refractivity contribution is 5.92. The lowest BCUT2D eigenvalue weighted by atomic mass is 10.1. The molecule has 17 heavy (non-hydrogen) atoms. The highest BCUT2D eigenvalue weighted by Gasteiger charge is 2.08. The number of benzene rings is 1. The molecule has 0 aromatic heterocycles. The summed E-state index contributed by atoms with van der Waals surface area (Å²) < 4.78 is 5.08. The molecule has 1 rings (SSSR count). The monoisotopic (exact) mass is 235 g/mol. The molecule has 0 saturated heterocycles. The number of ether oxygens (including phenoxy) is 1. The van der Waals surface area contributed by atoms with E-state index in [0.29, 0.717) is 12.6 Å². The highest BCUT2D eigenvalue weighted by Crippen LogP contribution is 2.12. The van der Waals surface area contributed by atoms with Gasteiger partial charge >= 0.3 is 0 Å². The summed E-state index contributed by atoms with van der Waals surface area (Å²) in [6.45, 7) is 6.60. The number of nitrogens with zero attached hydrogens (tertiary/aromatic N) is 1. The van der Waals surface area contributed by atoms with Gasteiger partial charge in [0.15, 0.2) is 5.96 Å². The average molecular weight is 235 g/mol. The number of nitrogens with two attached hydrogens (primary N) is 1. The van der Waals surface area contributed by atoms with Gasteiger partial charge in [-0.2, -0.15) is 0 Å². The molecule has 94 valence electrons. The zero-order valence-electron chi connectivity index (χ0n) is 10.9. The van der Waals surface area contributed by atoms with Crippen LogP contribution < -0.4 is 11.1 Å². The third kappa shape index (κ3) is 5.36. The van der Waals surface area contributed by atoms with E-state index in [0.717, 1.165) is 11.3 Å². The van der Waals surface area contributed by atoms with Gasteiger partial charge in [0.1, 0.15) is 0 Å². The number of guanidine groups is 1. The minimum absolute atomic E-state index is 0.179. The Morgan fingerprint density at radius 3 is 2.71 bits per heavy atom. The highest BCUT2D eigenvalue weighted by atomic mass is 16.5. The number of anilines is 1. The first kappa shape index (κ1) is 13.5. The Hall–Kier alpha value is -1.55. The summed E-state index contributed by atoms with van der Waals surface area (Å²) >= 11 is 0. The molecule has 0 aliphatic carbocycles. The largest absolute Gasteiger partial charge is 0.380 e. The Balaban J connectivity index is 2.75. The maximum Gasteiger partial charge on any atom is 0.193 e. The molecule has 1 aromatic rings. The van der Waals surface area contributed by atoms with Crippen LogP contribution in [0.25, 0.3) is 0 Å². The quantitative estimate of drug-likeness (QED) is 0.624. The van der Waals surface area contributed by atoms with Crippen molar-refractivity contribution in [1.82, 2.24) is 0 Å². The van der Waals surface area contributed by atoms with E-state index in [1.807, 2.05) is 45.0 Å². The summed E-state index contributed by atoms with van der Waals surface area (Å²) in [6.07, 6.45) is 0. The topological polar surface area (TPSA) is 59.6 Å². The zero-order valence-corrected chi connectivity index (χ0v) is 10.9. The maximum atomic E-state index is 5.82. The minimum Gasteiger partial charge on any atom is -0.380 e. The van der Waals surface area contributed by atoms with E-state index in [1.54, 1.807) is 7.11 Å². The summed E-state index contributed by atoms with van der Waals surface area (Å²) in [4.78, 5) is 4.33. The molecule has 0 bridgehead atoms. The molecule has 0 amide bonds. The van der Waals surface area contributed by atoms with Crippen molar-refractivity contribution in [3.8, 4) is 0 Å². The van der Waals surface area contributed by atoms with Crippen molar-refractivity contribution in [3.05, 3.63) is 29.8 Å². The van der Waals surface area contributed by atoms with Gasteiger partial charge in [0, 0.05) is 12.8 Å². The third-order valence-electron chi connectivity index (χ3n) is 1.97. The smallest absolute Gasteiger partial charge is 0.193 e. The predicted octanol–water partition coefficient (Wildman–Crippen LogP) is 2.36. The number of rotatable bonds is 3. The molecule has 0 fully saturated rings. The van der Waals surface area contributed by atoms with Crippen LogP contribution in [0.5, 0.6) is 0 Å². The van der Waals surface area contributed by atoms with Gasteiger partial charge in [0.05, 0.1) is 12.1 Å². The van der Waals surface area contributed by atoms with Gasteiger partial charge in [-0.1, -0.05) is 12.1 Å². The van der Waals surface area contributed by atoms with Crippen LogP contribution in [0.3, 0.4) is 0 Å². The molecule has 0 saturated carbocycles. The summed E-state index contributed by atoms with van der Waals surface area (Å²) in [6, 6.07) is 7.91. The number of nitrogens with one attached hydrogen (secondary N) is 1. The standard InChI is InChI=1S/C13H21N3O/c1-13(2,3)16-12(14)15-11-7-5-6-10(8-11)9-17-4/h5-8H,9H2,1-4H3,(H3,14,15,16). The molecule has 0 radical (unpaired) electrons. The van der Waals surface area contributed by atoms with E-state index in [2.05, 4.69) is 10.3 Å². The zero-order chi connectivity index (χ0) is 12.9. The molecule has 0 aliphatic heterocycles. The molecule has 0 heterocycles. The van der Waals surface area contributed by atoms with Gasteiger partial charge in [-0.3, -0.25) is 0 Å². The SMILES string of the molecule is COCc1cccc(NC(N)=NC(C)(C)C)c1. The second-order valence-electron chi connectivity index (χ2n) is 4.93. The van der Waals surface area contributed by atoms with E-state index in [-0.39, 0.29) is 5.54 Å². The first-order chi connectivity index (χ1) is 7.90. The first-order valence-corrected chi connectivity index (χ1v) is 5.61. The van der Waals surface area contributed by atoms with Crippen LogP contribution in [-0.4, -0.2) is 18.6 Å². The number of methoxy groups -OCH3 is 1. The van der Waals surface area contributed by atoms with Crippen LogP contribution >= 0.6 is 0 Å². The van der Waals surface area contributed by atoms with Crippen LogP contribution in [0.2, 0.25) is 0 Å². The van der Waals surface area contributed by atoms with Crippen LogP contribution in [0.4, 0.5) is 5.69 Å². The minimum atomic E-state index is -0.179. The van der Waals surface area contributed by atoms with Gasteiger partial charge in [-0.05, 0) is 38.5 Å². The molecule has 0 unspecified atom stereocenters. The second-order valence-corrected chi connectivity index (χ2v) is 4.93. The fourth-order valence-electron chi connectivity index (χ4n) is 1.44. The Morgan fingerprint density at radius 1 is 1.41 bits per heavy atom. The summed E-state index contributed by atoms with van der Waals surface area (Å²) in [7, 11) is 1.68. The van der Waals surface area contributed by atoms with Crippen LogP contribution in [0.1, 0.15) is 26.3 Å². The Kier molecular flexibility index (Phi) is 4.52. The Morgan fingerprint density at radius 2 is 2.12 bits per heavy atom. The molecule has 4 nitrogen and oxygen atoms in total. The van der Waals surface area contributed by atoms with Crippen molar-refractivity contribution in [2.24, 2.45) is 10.7 Å². The van der Waals surface area contributed by atoms with E-state index in [9.17, 15) is 0 Å². The van der Waals surface area contributed by atoms with Crippen molar-refractivity contribution in [2.45, 2.75) is 32.9 Å². The molecular weight excluding hydrogens is 214 g/mol. The fourth-order valence-corrected chi connectivity index (χ4v) is 1.44. The lowest BCUT2D eigenvalue weighted by Gasteiger charge is -2.14. The van der Waals surface area contributed by atoms with Crippen LogP contribution in [0, 0.1) is 0 Å². The lowest BCUT2D eigenvalue weighted by Crippen LogP contribution is -2.27. The Labute approximate surface area is 103 Å². The summed E-state index contributed by atoms with van der Waals surface area (Å²) in [5.41, 5.74) is 7.66. The predicted molar refractivity (Wildman–Crippen MR) is 72.2 cm³/mol. The molecule has 0 atom stereocenters. The average Bonchev–Trinajstić information content (AvgIpc) is 2.15. The molecular formula is C13H21N3O. The van der Waals surface area contributed by atoms with Crippen molar-refractivity contribution in [3.63, 3.8) is 0 Å². The molecule has 0 aliphatic rings. The first-order valence-electron chi connectivity index (χ1n) is 5.61. The van der Waals surface area contributed by atoms with Crippen molar-refractivity contribution >= 4 is 11.6 Å². The molecule has 1 aromatic carbocycles. The van der Waals surface area contributed by atoms with E-state index in [1.165, 1.54) is 0 Å². The van der Waals surface area contributed by atoms with E-state index < -0.39 is 0 Å². The third-order valence-corrected chi connectivity index (χ3v) is 1.97. The summed E-state index contributed by atoms with van der Waals surface area (Å²) in [5, 5.41) is 3.07. The van der Waals surface area contributed by atoms with Gasteiger partial charge < -0.3 is 15.8 Å². The normalized spacial score (nSPS) is 12.6. The van der Waals surface area contributed by atoms with Gasteiger partial charge in [-0.15, -0.1) is 0 Å². The van der Waals surface area contributed by atoms with Gasteiger partial charge in [0.2, 0.25) is 0 Å². The number of hydrogen-bond donors (Lipinski definition) is 2. The summed E-state index contributed by atoms with van der Waals surface area (Å²) in [5.74, 6) is 0.423. The van der Waals surface area contributed by atoms with Gasteiger partial charge in [-0.25, -0.2) is 4.99 Å². The maximum absolute atomic E-state index is 5.82. The van der Waals surface area contributed by atoms with Crippen LogP contribution in [-0.2, 0) is 11.3 Å². The fraction of sp³-hybridized carbons (Fsp3) is 0.462. The second kappa shape index (κ2) is 5.68. The van der Waals surface area contributed by atoms with Crippen molar-refractivity contribution < 1.29 is 4.74 Å². The Bertz CT molecular complexity index is 394. The lowest BCUT2D eigenvalue weighted by molar-refractivity contribution is 0.185. The van der Waals surface area contributed by atoms with Gasteiger partial charge in [0.25, 0.3) is 0 Å². The molecule has 4 heteroatoms.